The Labute approximate surface area is 113 Å². The van der Waals surface area contributed by atoms with Gasteiger partial charge in [-0.25, -0.2) is 0 Å². The maximum atomic E-state index is 4.26. The Morgan fingerprint density at radius 3 is 3.16 bits per heavy atom. The number of rotatable bonds is 2. The molecule has 98 valence electrons. The Bertz CT molecular complexity index is 590. The highest BCUT2D eigenvalue weighted by atomic mass is 15.2. The maximum absolute atomic E-state index is 4.26. The van der Waals surface area contributed by atoms with Crippen molar-refractivity contribution in [2.75, 3.05) is 18.4 Å². The quantitative estimate of drug-likeness (QED) is 0.892. The van der Waals surface area contributed by atoms with E-state index in [0.29, 0.717) is 6.04 Å². The van der Waals surface area contributed by atoms with Crippen molar-refractivity contribution in [3.05, 3.63) is 36.7 Å². The normalized spacial score (nSPS) is 26.7. The van der Waals surface area contributed by atoms with Crippen molar-refractivity contribution in [3.8, 4) is 0 Å². The van der Waals surface area contributed by atoms with Crippen LogP contribution in [0.25, 0.3) is 10.8 Å². The molecule has 0 spiro atoms. The summed E-state index contributed by atoms with van der Waals surface area (Å²) in [5.41, 5.74) is 1.24. The van der Waals surface area contributed by atoms with E-state index < -0.39 is 0 Å². The van der Waals surface area contributed by atoms with Crippen LogP contribution in [0.5, 0.6) is 0 Å². The molecule has 2 aliphatic heterocycles. The Balaban J connectivity index is 1.65. The van der Waals surface area contributed by atoms with E-state index >= 15 is 0 Å². The number of aromatic nitrogens is 1. The summed E-state index contributed by atoms with van der Waals surface area (Å²) in [6.45, 7) is 2.55. The zero-order valence-corrected chi connectivity index (χ0v) is 11.0. The van der Waals surface area contributed by atoms with Crippen molar-refractivity contribution in [3.63, 3.8) is 0 Å². The second kappa shape index (κ2) is 4.49. The summed E-state index contributed by atoms with van der Waals surface area (Å²) in [7, 11) is 0. The third kappa shape index (κ3) is 1.89. The van der Waals surface area contributed by atoms with Crippen molar-refractivity contribution < 1.29 is 0 Å². The van der Waals surface area contributed by atoms with Gasteiger partial charge in [0.05, 0.1) is 0 Å². The molecule has 0 amide bonds. The predicted octanol–water partition coefficient (Wildman–Crippen LogP) is 2.88. The van der Waals surface area contributed by atoms with Gasteiger partial charge in [-0.2, -0.15) is 0 Å². The molecule has 0 aliphatic carbocycles. The average Bonchev–Trinajstić information content (AvgIpc) is 3.04. The van der Waals surface area contributed by atoms with Gasteiger partial charge in [-0.1, -0.05) is 12.1 Å². The lowest BCUT2D eigenvalue weighted by Crippen LogP contribution is -2.33. The van der Waals surface area contributed by atoms with Crippen molar-refractivity contribution in [2.45, 2.75) is 31.3 Å². The summed E-state index contributed by atoms with van der Waals surface area (Å²) in [6.07, 6.45) is 7.81. The lowest BCUT2D eigenvalue weighted by atomic mass is 10.0. The molecule has 4 rings (SSSR count). The summed E-state index contributed by atoms with van der Waals surface area (Å²) in [6, 6.07) is 9.89. The van der Waals surface area contributed by atoms with E-state index in [9.17, 15) is 0 Å². The summed E-state index contributed by atoms with van der Waals surface area (Å²) in [4.78, 5) is 6.90. The van der Waals surface area contributed by atoms with E-state index in [4.69, 9.17) is 0 Å². The van der Waals surface area contributed by atoms with Crippen LogP contribution < -0.4 is 5.32 Å². The number of hydrogen-bond acceptors (Lipinski definition) is 3. The Kier molecular flexibility index (Phi) is 2.66. The first-order valence-electron chi connectivity index (χ1n) is 7.25. The van der Waals surface area contributed by atoms with Crippen molar-refractivity contribution in [1.82, 2.24) is 9.88 Å². The maximum Gasteiger partial charge on any atom is 0.0438 e. The molecule has 2 saturated heterocycles. The molecular formula is C16H19N3. The second-order valence-corrected chi connectivity index (χ2v) is 5.69. The molecule has 0 saturated carbocycles. The minimum Gasteiger partial charge on any atom is -0.380 e. The highest BCUT2D eigenvalue weighted by molar-refractivity contribution is 5.93. The van der Waals surface area contributed by atoms with Crippen LogP contribution >= 0.6 is 0 Å². The molecule has 0 bridgehead atoms. The summed E-state index contributed by atoms with van der Waals surface area (Å²) >= 11 is 0. The van der Waals surface area contributed by atoms with E-state index in [-0.39, 0.29) is 0 Å². The van der Waals surface area contributed by atoms with Crippen molar-refractivity contribution in [1.29, 1.82) is 0 Å². The van der Waals surface area contributed by atoms with Gasteiger partial charge >= 0.3 is 0 Å². The molecule has 19 heavy (non-hydrogen) atoms. The predicted molar refractivity (Wildman–Crippen MR) is 78.4 cm³/mol. The SMILES string of the molecule is c1cc(NC2CCN3CCCC23)c2cnccc2c1. The number of pyridine rings is 1. The van der Waals surface area contributed by atoms with E-state index in [2.05, 4.69) is 39.5 Å². The number of anilines is 1. The van der Waals surface area contributed by atoms with E-state index in [1.54, 1.807) is 0 Å². The molecule has 1 aromatic carbocycles. The van der Waals surface area contributed by atoms with Crippen molar-refractivity contribution in [2.24, 2.45) is 0 Å². The molecular weight excluding hydrogens is 234 g/mol. The van der Waals surface area contributed by atoms with Crippen LogP contribution in [0.3, 0.4) is 0 Å². The Morgan fingerprint density at radius 1 is 1.16 bits per heavy atom. The van der Waals surface area contributed by atoms with E-state index in [1.165, 1.54) is 48.8 Å². The monoisotopic (exact) mass is 253 g/mol. The summed E-state index contributed by atoms with van der Waals surface area (Å²) in [5, 5.41) is 6.28. The Hall–Kier alpha value is -1.61. The van der Waals surface area contributed by atoms with Gasteiger partial charge in [0, 0.05) is 42.1 Å². The summed E-state index contributed by atoms with van der Waals surface area (Å²) < 4.78 is 0. The number of nitrogens with one attached hydrogen (secondary N) is 1. The van der Waals surface area contributed by atoms with Gasteiger partial charge in [0.25, 0.3) is 0 Å². The van der Waals surface area contributed by atoms with Gasteiger partial charge in [0.1, 0.15) is 0 Å². The fourth-order valence-electron chi connectivity index (χ4n) is 3.69. The molecule has 2 aliphatic rings. The molecule has 3 heterocycles. The largest absolute Gasteiger partial charge is 0.380 e. The number of benzene rings is 1. The lowest BCUT2D eigenvalue weighted by Gasteiger charge is -2.23. The molecule has 0 radical (unpaired) electrons. The minimum atomic E-state index is 0.605. The highest BCUT2D eigenvalue weighted by Crippen LogP contribution is 2.31. The fraction of sp³-hybridized carbons (Fsp3) is 0.438. The van der Waals surface area contributed by atoms with Gasteiger partial charge < -0.3 is 5.32 Å². The van der Waals surface area contributed by atoms with Gasteiger partial charge in [-0.3, -0.25) is 9.88 Å². The number of nitrogens with zero attached hydrogens (tertiary/aromatic N) is 2. The third-order valence-corrected chi connectivity index (χ3v) is 4.63. The van der Waals surface area contributed by atoms with Crippen molar-refractivity contribution >= 4 is 16.5 Å². The first-order chi connectivity index (χ1) is 9.42. The van der Waals surface area contributed by atoms with E-state index in [0.717, 1.165) is 6.04 Å². The second-order valence-electron chi connectivity index (χ2n) is 5.69. The van der Waals surface area contributed by atoms with Gasteiger partial charge in [0.15, 0.2) is 0 Å². The molecule has 2 aromatic rings. The molecule has 2 atom stereocenters. The lowest BCUT2D eigenvalue weighted by molar-refractivity contribution is 0.318. The molecule has 1 aromatic heterocycles. The molecule has 2 unspecified atom stereocenters. The topological polar surface area (TPSA) is 28.2 Å². The van der Waals surface area contributed by atoms with E-state index in [1.807, 2.05) is 12.4 Å². The fourth-order valence-corrected chi connectivity index (χ4v) is 3.69. The highest BCUT2D eigenvalue weighted by Gasteiger charge is 2.37. The molecule has 3 nitrogen and oxygen atoms in total. The third-order valence-electron chi connectivity index (χ3n) is 4.63. The van der Waals surface area contributed by atoms with Gasteiger partial charge in [-0.15, -0.1) is 0 Å². The molecule has 1 N–H and O–H groups in total. The Morgan fingerprint density at radius 2 is 2.16 bits per heavy atom. The number of fused-ring (bicyclic) bond motifs is 2. The zero-order valence-electron chi connectivity index (χ0n) is 11.0. The molecule has 3 heteroatoms. The van der Waals surface area contributed by atoms with Gasteiger partial charge in [0.2, 0.25) is 0 Å². The van der Waals surface area contributed by atoms with Crippen LogP contribution in [-0.4, -0.2) is 35.1 Å². The minimum absolute atomic E-state index is 0.605. The first kappa shape index (κ1) is 11.2. The van der Waals surface area contributed by atoms with Gasteiger partial charge in [-0.05, 0) is 43.3 Å². The smallest absolute Gasteiger partial charge is 0.0438 e. The number of hydrogen-bond donors (Lipinski definition) is 1. The van der Waals surface area contributed by atoms with Crippen LogP contribution in [0.4, 0.5) is 5.69 Å². The zero-order chi connectivity index (χ0) is 12.7. The van der Waals surface area contributed by atoms with Crippen LogP contribution in [0.2, 0.25) is 0 Å². The summed E-state index contributed by atoms with van der Waals surface area (Å²) in [5.74, 6) is 0. The first-order valence-corrected chi connectivity index (χ1v) is 7.25. The standard InChI is InChI=1S/C16H19N3/c1-3-12-6-8-17-11-13(12)14(4-1)18-15-7-10-19-9-2-5-16(15)19/h1,3-4,6,8,11,15-16,18H,2,5,7,9-10H2. The van der Waals surface area contributed by atoms with Crippen LogP contribution in [0, 0.1) is 0 Å². The van der Waals surface area contributed by atoms with Crippen LogP contribution in [0.15, 0.2) is 36.7 Å². The average molecular weight is 253 g/mol. The molecule has 2 fully saturated rings. The van der Waals surface area contributed by atoms with Crippen LogP contribution in [0.1, 0.15) is 19.3 Å². The van der Waals surface area contributed by atoms with Crippen LogP contribution in [-0.2, 0) is 0 Å².